The zero-order valence-electron chi connectivity index (χ0n) is 11.2. The molecule has 1 saturated carbocycles. The predicted octanol–water partition coefficient (Wildman–Crippen LogP) is 4.46. The molecule has 2 aromatic rings. The van der Waals surface area contributed by atoms with Gasteiger partial charge < -0.3 is 4.74 Å². The first kappa shape index (κ1) is 13.3. The van der Waals surface area contributed by atoms with Gasteiger partial charge in [-0.3, -0.25) is 0 Å². The molecular weight excluding hydrogens is 280 g/mol. The molecule has 0 spiro atoms. The summed E-state index contributed by atoms with van der Waals surface area (Å²) in [5, 5.41) is 1.51. The van der Waals surface area contributed by atoms with E-state index in [1.54, 1.807) is 11.3 Å². The van der Waals surface area contributed by atoms with Crippen molar-refractivity contribution in [3.63, 3.8) is 0 Å². The number of aromatic nitrogens is 2. The highest BCUT2D eigenvalue weighted by Gasteiger charge is 2.39. The zero-order chi connectivity index (χ0) is 13.5. The lowest BCUT2D eigenvalue weighted by molar-refractivity contribution is -0.0454. The summed E-state index contributed by atoms with van der Waals surface area (Å²) >= 11 is 7.98. The first-order valence-electron chi connectivity index (χ1n) is 6.73. The van der Waals surface area contributed by atoms with Gasteiger partial charge in [0.15, 0.2) is 5.82 Å². The highest BCUT2D eigenvalue weighted by molar-refractivity contribution is 7.18. The van der Waals surface area contributed by atoms with Crippen LogP contribution in [0.1, 0.15) is 43.3 Å². The minimum atomic E-state index is -0.315. The number of aryl methyl sites for hydroxylation is 1. The SMILES string of the molecule is CCOC1(c2nc(Cl)c3cc(C)sc3n2)CCCC1. The van der Waals surface area contributed by atoms with Gasteiger partial charge in [0, 0.05) is 16.9 Å². The number of hydrogen-bond donors (Lipinski definition) is 0. The first-order valence-corrected chi connectivity index (χ1v) is 7.92. The quantitative estimate of drug-likeness (QED) is 0.784. The smallest absolute Gasteiger partial charge is 0.163 e. The van der Waals surface area contributed by atoms with Crippen molar-refractivity contribution in [1.82, 2.24) is 9.97 Å². The molecule has 3 nitrogen and oxygen atoms in total. The average Bonchev–Trinajstić information content (AvgIpc) is 2.96. The molecule has 0 atom stereocenters. The fraction of sp³-hybridized carbons (Fsp3) is 0.571. The standard InChI is InChI=1S/C14H17ClN2OS/c1-3-18-14(6-4-5-7-14)13-16-11(15)10-8-9(2)19-12(10)17-13/h8H,3-7H2,1-2H3. The highest BCUT2D eigenvalue weighted by Crippen LogP contribution is 2.42. The molecule has 19 heavy (non-hydrogen) atoms. The van der Waals surface area contributed by atoms with E-state index in [0.29, 0.717) is 11.8 Å². The van der Waals surface area contributed by atoms with Crippen LogP contribution in [0.3, 0.4) is 0 Å². The Hall–Kier alpha value is -0.710. The topological polar surface area (TPSA) is 35.0 Å². The van der Waals surface area contributed by atoms with Crippen LogP contribution in [0.4, 0.5) is 0 Å². The second-order valence-electron chi connectivity index (χ2n) is 5.05. The van der Waals surface area contributed by atoms with Gasteiger partial charge in [0.25, 0.3) is 0 Å². The van der Waals surface area contributed by atoms with Crippen LogP contribution in [-0.2, 0) is 10.3 Å². The third-order valence-corrected chi connectivity index (χ3v) is 4.94. The largest absolute Gasteiger partial charge is 0.367 e. The monoisotopic (exact) mass is 296 g/mol. The van der Waals surface area contributed by atoms with Gasteiger partial charge in [-0.1, -0.05) is 11.6 Å². The predicted molar refractivity (Wildman–Crippen MR) is 78.9 cm³/mol. The molecule has 0 unspecified atom stereocenters. The van der Waals surface area contributed by atoms with Gasteiger partial charge in [0.2, 0.25) is 0 Å². The number of fused-ring (bicyclic) bond motifs is 1. The fourth-order valence-electron chi connectivity index (χ4n) is 2.87. The highest BCUT2D eigenvalue weighted by atomic mass is 35.5. The summed E-state index contributed by atoms with van der Waals surface area (Å²) in [6.07, 6.45) is 4.32. The lowest BCUT2D eigenvalue weighted by Gasteiger charge is -2.27. The maximum atomic E-state index is 6.32. The maximum Gasteiger partial charge on any atom is 0.163 e. The van der Waals surface area contributed by atoms with E-state index in [9.17, 15) is 0 Å². The lowest BCUT2D eigenvalue weighted by atomic mass is 10.0. The van der Waals surface area contributed by atoms with E-state index in [-0.39, 0.29) is 5.60 Å². The summed E-state index contributed by atoms with van der Waals surface area (Å²) in [5.74, 6) is 0.770. The number of thiophene rings is 1. The molecule has 0 amide bonds. The molecule has 0 aromatic carbocycles. The number of rotatable bonds is 3. The van der Waals surface area contributed by atoms with E-state index < -0.39 is 0 Å². The molecule has 1 fully saturated rings. The number of hydrogen-bond acceptors (Lipinski definition) is 4. The van der Waals surface area contributed by atoms with Crippen LogP contribution in [0.5, 0.6) is 0 Å². The molecule has 0 radical (unpaired) electrons. The molecule has 2 heterocycles. The minimum absolute atomic E-state index is 0.315. The van der Waals surface area contributed by atoms with Crippen molar-refractivity contribution < 1.29 is 4.74 Å². The van der Waals surface area contributed by atoms with Crippen LogP contribution in [0, 0.1) is 6.92 Å². The van der Waals surface area contributed by atoms with Gasteiger partial charge in [0.05, 0.1) is 0 Å². The van der Waals surface area contributed by atoms with Gasteiger partial charge in [-0.2, -0.15) is 0 Å². The average molecular weight is 297 g/mol. The second-order valence-corrected chi connectivity index (χ2v) is 6.64. The Kier molecular flexibility index (Phi) is 3.50. The number of nitrogens with zero attached hydrogens (tertiary/aromatic N) is 2. The normalized spacial score (nSPS) is 18.3. The van der Waals surface area contributed by atoms with E-state index in [2.05, 4.69) is 11.9 Å². The van der Waals surface area contributed by atoms with E-state index in [4.69, 9.17) is 21.3 Å². The van der Waals surface area contributed by atoms with Gasteiger partial charge in [-0.15, -0.1) is 11.3 Å². The summed E-state index contributed by atoms with van der Waals surface area (Å²) < 4.78 is 6.01. The molecule has 0 saturated heterocycles. The van der Waals surface area contributed by atoms with Crippen molar-refractivity contribution in [2.45, 2.75) is 45.1 Å². The molecule has 1 aliphatic rings. The molecule has 5 heteroatoms. The van der Waals surface area contributed by atoms with Crippen molar-refractivity contribution in [1.29, 1.82) is 0 Å². The Labute approximate surface area is 122 Å². The van der Waals surface area contributed by atoms with Gasteiger partial charge >= 0.3 is 0 Å². The van der Waals surface area contributed by atoms with Gasteiger partial charge in [-0.05, 0) is 45.6 Å². The van der Waals surface area contributed by atoms with Crippen molar-refractivity contribution in [2.75, 3.05) is 6.61 Å². The Morgan fingerprint density at radius 1 is 1.37 bits per heavy atom. The van der Waals surface area contributed by atoms with E-state index in [0.717, 1.165) is 28.9 Å². The third kappa shape index (κ3) is 2.26. The fourth-order valence-corrected chi connectivity index (χ4v) is 4.03. The Bertz CT molecular complexity index is 605. The molecule has 2 aromatic heterocycles. The van der Waals surface area contributed by atoms with Gasteiger partial charge in [-0.25, -0.2) is 9.97 Å². The molecule has 0 N–H and O–H groups in total. The van der Waals surface area contributed by atoms with Crippen LogP contribution in [0.15, 0.2) is 6.07 Å². The molecule has 0 bridgehead atoms. The van der Waals surface area contributed by atoms with Crippen LogP contribution in [0.2, 0.25) is 5.15 Å². The summed E-state index contributed by atoms with van der Waals surface area (Å²) in [6.45, 7) is 4.77. The van der Waals surface area contributed by atoms with Crippen LogP contribution < -0.4 is 0 Å². The first-order chi connectivity index (χ1) is 9.14. The van der Waals surface area contributed by atoms with Crippen molar-refractivity contribution >= 4 is 33.2 Å². The van der Waals surface area contributed by atoms with E-state index in [1.165, 1.54) is 17.7 Å². The third-order valence-electron chi connectivity index (χ3n) is 3.71. The summed E-state index contributed by atoms with van der Waals surface area (Å²) in [4.78, 5) is 11.4. The van der Waals surface area contributed by atoms with Crippen LogP contribution >= 0.6 is 22.9 Å². The Balaban J connectivity index is 2.13. The summed E-state index contributed by atoms with van der Waals surface area (Å²) in [7, 11) is 0. The van der Waals surface area contributed by atoms with Gasteiger partial charge in [0.1, 0.15) is 15.6 Å². The lowest BCUT2D eigenvalue weighted by Crippen LogP contribution is -2.28. The zero-order valence-corrected chi connectivity index (χ0v) is 12.8. The molecule has 102 valence electrons. The summed E-state index contributed by atoms with van der Waals surface area (Å²) in [6, 6.07) is 2.05. The maximum absolute atomic E-state index is 6.32. The molecule has 1 aliphatic carbocycles. The second kappa shape index (κ2) is 5.00. The van der Waals surface area contributed by atoms with Crippen LogP contribution in [0.25, 0.3) is 10.2 Å². The Morgan fingerprint density at radius 2 is 2.11 bits per heavy atom. The Morgan fingerprint density at radius 3 is 2.79 bits per heavy atom. The van der Waals surface area contributed by atoms with Crippen molar-refractivity contribution in [2.24, 2.45) is 0 Å². The van der Waals surface area contributed by atoms with E-state index >= 15 is 0 Å². The summed E-state index contributed by atoms with van der Waals surface area (Å²) in [5.41, 5.74) is -0.315. The van der Waals surface area contributed by atoms with Crippen LogP contribution in [-0.4, -0.2) is 16.6 Å². The van der Waals surface area contributed by atoms with E-state index in [1.807, 2.05) is 13.0 Å². The number of ether oxygens (including phenoxy) is 1. The molecule has 3 rings (SSSR count). The van der Waals surface area contributed by atoms with Crippen molar-refractivity contribution in [3.05, 3.63) is 21.9 Å². The molecule has 0 aliphatic heterocycles. The number of halogens is 1. The molecular formula is C14H17ClN2OS. The minimum Gasteiger partial charge on any atom is -0.367 e. The van der Waals surface area contributed by atoms with Crippen molar-refractivity contribution in [3.8, 4) is 0 Å².